The summed E-state index contributed by atoms with van der Waals surface area (Å²) in [4.78, 5) is 15.4. The summed E-state index contributed by atoms with van der Waals surface area (Å²) in [5.41, 5.74) is 2.25. The van der Waals surface area contributed by atoms with Crippen molar-refractivity contribution in [2.75, 3.05) is 7.11 Å². The first-order chi connectivity index (χ1) is 12.7. The van der Waals surface area contributed by atoms with Gasteiger partial charge in [-0.2, -0.15) is 0 Å². The molecule has 2 aromatic heterocycles. The van der Waals surface area contributed by atoms with Crippen molar-refractivity contribution in [3.05, 3.63) is 77.3 Å². The van der Waals surface area contributed by atoms with E-state index < -0.39 is 0 Å². The van der Waals surface area contributed by atoms with Gasteiger partial charge in [0.15, 0.2) is 0 Å². The minimum atomic E-state index is -0.0674. The van der Waals surface area contributed by atoms with E-state index in [1.54, 1.807) is 24.9 Å². The second-order valence-electron chi connectivity index (χ2n) is 6.00. The number of ether oxygens (including phenoxy) is 2. The third-order valence-electron chi connectivity index (χ3n) is 4.34. The maximum atomic E-state index is 12.3. The number of aromatic nitrogens is 2. The fraction of sp³-hybridized carbons (Fsp3) is 0.0952. The van der Waals surface area contributed by atoms with Gasteiger partial charge in [0.05, 0.1) is 7.11 Å². The van der Waals surface area contributed by atoms with Crippen LogP contribution in [0.2, 0.25) is 0 Å². The molecule has 26 heavy (non-hydrogen) atoms. The molecular formula is C21H18N2O3. The van der Waals surface area contributed by atoms with Crippen LogP contribution >= 0.6 is 0 Å². The number of benzene rings is 2. The smallest absolute Gasteiger partial charge is 0.274 e. The lowest BCUT2D eigenvalue weighted by atomic mass is 10.0. The Bertz CT molecular complexity index is 1130. The highest BCUT2D eigenvalue weighted by molar-refractivity contribution is 5.96. The number of fused-ring (bicyclic) bond motifs is 1. The van der Waals surface area contributed by atoms with E-state index in [0.717, 1.165) is 28.0 Å². The van der Waals surface area contributed by atoms with E-state index in [9.17, 15) is 4.79 Å². The normalized spacial score (nSPS) is 10.8. The van der Waals surface area contributed by atoms with Gasteiger partial charge in [0.2, 0.25) is 0 Å². The number of nitrogens with zero attached hydrogens (tertiary/aromatic N) is 1. The van der Waals surface area contributed by atoms with Crippen molar-refractivity contribution in [3.8, 4) is 28.4 Å². The molecule has 2 heterocycles. The van der Waals surface area contributed by atoms with Gasteiger partial charge in [-0.15, -0.1) is 0 Å². The summed E-state index contributed by atoms with van der Waals surface area (Å²) in [7, 11) is 3.37. The minimum absolute atomic E-state index is 0.0674. The van der Waals surface area contributed by atoms with Crippen molar-refractivity contribution >= 4 is 10.9 Å². The number of H-pyrrole nitrogens is 1. The Hall–Kier alpha value is -3.47. The molecule has 0 spiro atoms. The second-order valence-corrected chi connectivity index (χ2v) is 6.00. The van der Waals surface area contributed by atoms with Crippen LogP contribution in [0.5, 0.6) is 17.2 Å². The van der Waals surface area contributed by atoms with Crippen molar-refractivity contribution in [2.45, 2.75) is 0 Å². The highest BCUT2D eigenvalue weighted by Gasteiger charge is 2.15. The van der Waals surface area contributed by atoms with Crippen molar-refractivity contribution in [1.82, 2.24) is 9.55 Å². The lowest BCUT2D eigenvalue weighted by molar-refractivity contribution is 0.413. The zero-order chi connectivity index (χ0) is 18.1. The van der Waals surface area contributed by atoms with Crippen molar-refractivity contribution in [3.63, 3.8) is 0 Å². The molecule has 4 aromatic rings. The molecule has 0 saturated heterocycles. The first kappa shape index (κ1) is 16.0. The maximum Gasteiger partial charge on any atom is 0.274 e. The Morgan fingerprint density at radius 3 is 2.54 bits per heavy atom. The van der Waals surface area contributed by atoms with Crippen LogP contribution in [0.4, 0.5) is 0 Å². The van der Waals surface area contributed by atoms with Gasteiger partial charge in [-0.3, -0.25) is 4.79 Å². The SMILES string of the molecule is COc1ccc(Oc2ccccc2)c(-c2cn(C)c(=O)c3[nH]ccc23)c1. The first-order valence-corrected chi connectivity index (χ1v) is 8.25. The number of para-hydroxylation sites is 1. The van der Waals surface area contributed by atoms with E-state index in [-0.39, 0.29) is 5.56 Å². The van der Waals surface area contributed by atoms with E-state index in [2.05, 4.69) is 4.98 Å². The van der Waals surface area contributed by atoms with E-state index in [4.69, 9.17) is 9.47 Å². The third-order valence-corrected chi connectivity index (χ3v) is 4.34. The predicted octanol–water partition coefficient (Wildman–Crippen LogP) is 4.33. The van der Waals surface area contributed by atoms with Gasteiger partial charge in [-0.05, 0) is 36.4 Å². The average Bonchev–Trinajstić information content (AvgIpc) is 3.16. The summed E-state index contributed by atoms with van der Waals surface area (Å²) in [5.74, 6) is 2.16. The molecule has 0 unspecified atom stereocenters. The van der Waals surface area contributed by atoms with Crippen LogP contribution in [0.25, 0.3) is 22.0 Å². The molecule has 0 bridgehead atoms. The van der Waals surface area contributed by atoms with Crippen molar-refractivity contribution < 1.29 is 9.47 Å². The van der Waals surface area contributed by atoms with Crippen LogP contribution in [0.3, 0.4) is 0 Å². The number of aryl methyl sites for hydroxylation is 1. The molecule has 2 aromatic carbocycles. The van der Waals surface area contributed by atoms with Gasteiger partial charge in [-0.1, -0.05) is 18.2 Å². The van der Waals surface area contributed by atoms with Crippen LogP contribution in [-0.2, 0) is 7.05 Å². The molecule has 0 aliphatic heterocycles. The molecule has 0 amide bonds. The monoisotopic (exact) mass is 346 g/mol. The average molecular weight is 346 g/mol. The molecule has 5 heteroatoms. The minimum Gasteiger partial charge on any atom is -0.497 e. The number of hydrogen-bond acceptors (Lipinski definition) is 3. The molecular weight excluding hydrogens is 328 g/mol. The summed E-state index contributed by atoms with van der Waals surface area (Å²) < 4.78 is 13.1. The Kier molecular flexibility index (Phi) is 3.97. The fourth-order valence-corrected chi connectivity index (χ4v) is 3.03. The summed E-state index contributed by atoms with van der Waals surface area (Å²) in [5, 5.41) is 0.847. The second kappa shape index (κ2) is 6.44. The highest BCUT2D eigenvalue weighted by Crippen LogP contribution is 2.38. The fourth-order valence-electron chi connectivity index (χ4n) is 3.03. The Morgan fingerprint density at radius 1 is 0.962 bits per heavy atom. The van der Waals surface area contributed by atoms with Crippen LogP contribution < -0.4 is 15.0 Å². The Morgan fingerprint density at radius 2 is 1.77 bits per heavy atom. The summed E-state index contributed by atoms with van der Waals surface area (Å²) in [6, 6.07) is 17.2. The number of aromatic amines is 1. The largest absolute Gasteiger partial charge is 0.497 e. The lowest BCUT2D eigenvalue weighted by Crippen LogP contribution is -2.16. The molecule has 0 fully saturated rings. The van der Waals surface area contributed by atoms with Crippen molar-refractivity contribution in [1.29, 1.82) is 0 Å². The number of rotatable bonds is 4. The summed E-state index contributed by atoms with van der Waals surface area (Å²) >= 11 is 0. The van der Waals surface area contributed by atoms with Gasteiger partial charge in [0, 0.05) is 36.0 Å². The van der Waals surface area contributed by atoms with E-state index in [0.29, 0.717) is 11.3 Å². The molecule has 0 atom stereocenters. The van der Waals surface area contributed by atoms with Crippen LogP contribution in [-0.4, -0.2) is 16.7 Å². The zero-order valence-corrected chi connectivity index (χ0v) is 14.5. The summed E-state index contributed by atoms with van der Waals surface area (Å²) in [6.45, 7) is 0. The van der Waals surface area contributed by atoms with Crippen LogP contribution in [0.15, 0.2) is 71.8 Å². The molecule has 5 nitrogen and oxygen atoms in total. The maximum absolute atomic E-state index is 12.3. The Labute approximate surface area is 150 Å². The number of nitrogens with one attached hydrogen (secondary N) is 1. The van der Waals surface area contributed by atoms with Gasteiger partial charge in [0.1, 0.15) is 22.8 Å². The van der Waals surface area contributed by atoms with Crippen LogP contribution in [0.1, 0.15) is 0 Å². The summed E-state index contributed by atoms with van der Waals surface area (Å²) in [6.07, 6.45) is 3.60. The quantitative estimate of drug-likeness (QED) is 0.598. The van der Waals surface area contributed by atoms with E-state index in [1.807, 2.05) is 60.8 Å². The number of methoxy groups -OCH3 is 1. The molecule has 0 aliphatic rings. The van der Waals surface area contributed by atoms with E-state index in [1.165, 1.54) is 0 Å². The topological polar surface area (TPSA) is 56.2 Å². The molecule has 0 saturated carbocycles. The molecule has 0 aliphatic carbocycles. The molecule has 1 N–H and O–H groups in total. The van der Waals surface area contributed by atoms with Gasteiger partial charge < -0.3 is 19.0 Å². The first-order valence-electron chi connectivity index (χ1n) is 8.25. The predicted molar refractivity (Wildman–Crippen MR) is 102 cm³/mol. The number of hydrogen-bond donors (Lipinski definition) is 1. The third kappa shape index (κ3) is 2.73. The van der Waals surface area contributed by atoms with Crippen LogP contribution in [0, 0.1) is 0 Å². The highest BCUT2D eigenvalue weighted by atomic mass is 16.5. The number of pyridine rings is 1. The van der Waals surface area contributed by atoms with Gasteiger partial charge in [0.25, 0.3) is 5.56 Å². The van der Waals surface area contributed by atoms with Crippen molar-refractivity contribution in [2.24, 2.45) is 7.05 Å². The standard InChI is InChI=1S/C21H18N2O3/c1-23-13-18(16-10-11-22-20(16)21(23)24)17-12-15(25-2)8-9-19(17)26-14-6-4-3-5-7-14/h3-13,22H,1-2H3. The molecule has 130 valence electrons. The molecule has 4 rings (SSSR count). The lowest BCUT2D eigenvalue weighted by Gasteiger charge is -2.14. The molecule has 0 radical (unpaired) electrons. The van der Waals surface area contributed by atoms with Gasteiger partial charge in [-0.25, -0.2) is 0 Å². The van der Waals surface area contributed by atoms with E-state index >= 15 is 0 Å². The zero-order valence-electron chi connectivity index (χ0n) is 14.5. The Balaban J connectivity index is 1.94. The van der Waals surface area contributed by atoms with Gasteiger partial charge >= 0.3 is 0 Å².